The topological polar surface area (TPSA) is 4.93 Å². The van der Waals surface area contributed by atoms with Crippen LogP contribution >= 0.6 is 15.9 Å². The number of hydrogen-bond acceptors (Lipinski definition) is 0. The molecule has 1 heterocycles. The third-order valence-electron chi connectivity index (χ3n) is 2.67. The minimum absolute atomic E-state index is 0.128. The summed E-state index contributed by atoms with van der Waals surface area (Å²) < 4.78 is 40.4. The lowest BCUT2D eigenvalue weighted by Gasteiger charge is -2.12. The zero-order valence-corrected chi connectivity index (χ0v) is 10.9. The first-order valence-corrected chi connectivity index (χ1v) is 5.97. The summed E-state index contributed by atoms with van der Waals surface area (Å²) >= 11 is 3.19. The number of fused-ring (bicyclic) bond motifs is 1. The number of rotatable bonds is 1. The fourth-order valence-corrected chi connectivity index (χ4v) is 2.41. The molecule has 0 saturated heterocycles. The number of halogens is 4. The maximum atomic E-state index is 12.7. The third-order valence-corrected chi connectivity index (χ3v) is 3.33. The highest BCUT2D eigenvalue weighted by atomic mass is 79.9. The minimum atomic E-state index is -4.32. The highest BCUT2D eigenvalue weighted by Crippen LogP contribution is 2.36. The van der Waals surface area contributed by atoms with E-state index in [0.717, 1.165) is 11.5 Å². The Morgan fingerprint density at radius 3 is 2.41 bits per heavy atom. The standard InChI is InChI=1S/C12H11BrF3N/c1-7(2)17-4-3-9-10(13)5-8(6-11(9)17)12(14,15)16/h3-7H,1-2H3. The van der Waals surface area contributed by atoms with Gasteiger partial charge in [-0.3, -0.25) is 0 Å². The Balaban J connectivity index is 2.74. The van der Waals surface area contributed by atoms with Crippen LogP contribution in [-0.2, 0) is 6.18 Å². The van der Waals surface area contributed by atoms with E-state index in [-0.39, 0.29) is 6.04 Å². The molecular weight excluding hydrogens is 295 g/mol. The lowest BCUT2D eigenvalue weighted by Crippen LogP contribution is -2.06. The fourth-order valence-electron chi connectivity index (χ4n) is 1.83. The summed E-state index contributed by atoms with van der Waals surface area (Å²) in [4.78, 5) is 0. The van der Waals surface area contributed by atoms with Gasteiger partial charge in [-0.05, 0) is 32.0 Å². The summed E-state index contributed by atoms with van der Waals surface area (Å²) in [5.41, 5.74) is -0.0285. The highest BCUT2D eigenvalue weighted by Gasteiger charge is 2.31. The summed E-state index contributed by atoms with van der Waals surface area (Å²) in [6.45, 7) is 3.88. The van der Waals surface area contributed by atoms with Crippen LogP contribution in [0.3, 0.4) is 0 Å². The molecule has 0 atom stereocenters. The molecule has 0 saturated carbocycles. The Bertz CT molecular complexity index is 555. The fraction of sp³-hybridized carbons (Fsp3) is 0.333. The van der Waals surface area contributed by atoms with E-state index in [2.05, 4.69) is 15.9 Å². The second-order valence-corrected chi connectivity index (χ2v) is 5.06. The summed E-state index contributed by atoms with van der Waals surface area (Å²) in [5, 5.41) is 0.798. The monoisotopic (exact) mass is 305 g/mol. The first-order chi connectivity index (χ1) is 7.80. The average Bonchev–Trinajstić information content (AvgIpc) is 2.60. The number of benzene rings is 1. The van der Waals surface area contributed by atoms with Crippen molar-refractivity contribution in [1.29, 1.82) is 0 Å². The Hall–Kier alpha value is -0.970. The van der Waals surface area contributed by atoms with Gasteiger partial charge in [0.1, 0.15) is 0 Å². The van der Waals surface area contributed by atoms with Crippen molar-refractivity contribution in [1.82, 2.24) is 4.57 Å². The molecule has 92 valence electrons. The van der Waals surface area contributed by atoms with Crippen molar-refractivity contribution < 1.29 is 13.2 Å². The second kappa shape index (κ2) is 4.05. The van der Waals surface area contributed by atoms with Gasteiger partial charge in [-0.2, -0.15) is 13.2 Å². The molecule has 1 aromatic carbocycles. The van der Waals surface area contributed by atoms with Crippen LogP contribution in [0.1, 0.15) is 25.5 Å². The summed E-state index contributed by atoms with van der Waals surface area (Å²) in [5.74, 6) is 0. The van der Waals surface area contributed by atoms with Crippen LogP contribution < -0.4 is 0 Å². The van der Waals surface area contributed by atoms with Crippen molar-refractivity contribution in [2.45, 2.75) is 26.1 Å². The molecule has 0 aliphatic rings. The first-order valence-electron chi connectivity index (χ1n) is 5.18. The van der Waals surface area contributed by atoms with Gasteiger partial charge in [-0.15, -0.1) is 0 Å². The van der Waals surface area contributed by atoms with Gasteiger partial charge in [-0.1, -0.05) is 15.9 Å². The van der Waals surface area contributed by atoms with E-state index in [1.807, 2.05) is 24.5 Å². The van der Waals surface area contributed by atoms with E-state index < -0.39 is 11.7 Å². The SMILES string of the molecule is CC(C)n1ccc2c(Br)cc(C(F)(F)F)cc21. The number of hydrogen-bond donors (Lipinski definition) is 0. The molecule has 0 aliphatic heterocycles. The summed E-state index contributed by atoms with van der Waals surface area (Å²) in [7, 11) is 0. The lowest BCUT2D eigenvalue weighted by atomic mass is 10.1. The minimum Gasteiger partial charge on any atom is -0.345 e. The Morgan fingerprint density at radius 2 is 1.88 bits per heavy atom. The van der Waals surface area contributed by atoms with Crippen molar-refractivity contribution in [3.8, 4) is 0 Å². The molecule has 0 bridgehead atoms. The van der Waals surface area contributed by atoms with Gasteiger partial charge in [0.15, 0.2) is 0 Å². The molecule has 1 nitrogen and oxygen atoms in total. The van der Waals surface area contributed by atoms with Crippen molar-refractivity contribution in [2.75, 3.05) is 0 Å². The first kappa shape index (κ1) is 12.5. The van der Waals surface area contributed by atoms with Crippen LogP contribution in [0.4, 0.5) is 13.2 Å². The van der Waals surface area contributed by atoms with E-state index in [1.54, 1.807) is 6.20 Å². The van der Waals surface area contributed by atoms with Gasteiger partial charge >= 0.3 is 6.18 Å². The van der Waals surface area contributed by atoms with Crippen molar-refractivity contribution in [2.24, 2.45) is 0 Å². The smallest absolute Gasteiger partial charge is 0.345 e. The van der Waals surface area contributed by atoms with E-state index >= 15 is 0 Å². The Morgan fingerprint density at radius 1 is 1.24 bits per heavy atom. The van der Waals surface area contributed by atoms with Crippen LogP contribution in [0, 0.1) is 0 Å². The maximum absolute atomic E-state index is 12.7. The van der Waals surface area contributed by atoms with Gasteiger partial charge < -0.3 is 4.57 Å². The number of aromatic nitrogens is 1. The molecule has 0 unspecified atom stereocenters. The van der Waals surface area contributed by atoms with Crippen LogP contribution in [0.5, 0.6) is 0 Å². The molecule has 5 heteroatoms. The molecule has 2 rings (SSSR count). The third kappa shape index (κ3) is 2.20. The van der Waals surface area contributed by atoms with E-state index in [1.165, 1.54) is 6.07 Å². The number of nitrogens with zero attached hydrogens (tertiary/aromatic N) is 1. The molecule has 0 radical (unpaired) electrons. The Labute approximate surface area is 105 Å². The van der Waals surface area contributed by atoms with Gasteiger partial charge in [0, 0.05) is 27.6 Å². The zero-order valence-electron chi connectivity index (χ0n) is 9.35. The molecule has 0 aliphatic carbocycles. The van der Waals surface area contributed by atoms with Crippen LogP contribution in [-0.4, -0.2) is 4.57 Å². The van der Waals surface area contributed by atoms with E-state index in [4.69, 9.17) is 0 Å². The Kier molecular flexibility index (Phi) is 2.97. The summed E-state index contributed by atoms with van der Waals surface area (Å²) in [6, 6.07) is 4.26. The lowest BCUT2D eigenvalue weighted by molar-refractivity contribution is -0.137. The van der Waals surface area contributed by atoms with Gasteiger partial charge in [0.05, 0.1) is 5.56 Å². The van der Waals surface area contributed by atoms with E-state index in [9.17, 15) is 13.2 Å². The molecule has 0 spiro atoms. The van der Waals surface area contributed by atoms with Gasteiger partial charge in [0.2, 0.25) is 0 Å². The number of alkyl halides is 3. The summed E-state index contributed by atoms with van der Waals surface area (Å²) in [6.07, 6.45) is -2.51. The molecule has 0 fully saturated rings. The highest BCUT2D eigenvalue weighted by molar-refractivity contribution is 9.10. The predicted molar refractivity (Wildman–Crippen MR) is 65.0 cm³/mol. The zero-order chi connectivity index (χ0) is 12.8. The van der Waals surface area contributed by atoms with Crippen LogP contribution in [0.25, 0.3) is 10.9 Å². The van der Waals surface area contributed by atoms with Gasteiger partial charge in [-0.25, -0.2) is 0 Å². The van der Waals surface area contributed by atoms with E-state index in [0.29, 0.717) is 9.99 Å². The van der Waals surface area contributed by atoms with Crippen molar-refractivity contribution in [3.05, 3.63) is 34.4 Å². The molecule has 1 aromatic heterocycles. The predicted octanol–water partition coefficient (Wildman–Crippen LogP) is 5.00. The second-order valence-electron chi connectivity index (χ2n) is 4.21. The van der Waals surface area contributed by atoms with Crippen LogP contribution in [0.2, 0.25) is 0 Å². The molecule has 17 heavy (non-hydrogen) atoms. The van der Waals surface area contributed by atoms with Gasteiger partial charge in [0.25, 0.3) is 0 Å². The largest absolute Gasteiger partial charge is 0.416 e. The quantitative estimate of drug-likeness (QED) is 0.698. The average molecular weight is 306 g/mol. The molecule has 2 aromatic rings. The normalized spacial score (nSPS) is 12.6. The van der Waals surface area contributed by atoms with Crippen molar-refractivity contribution in [3.63, 3.8) is 0 Å². The molecule has 0 N–H and O–H groups in total. The maximum Gasteiger partial charge on any atom is 0.416 e. The molecular formula is C12H11BrF3N. The van der Waals surface area contributed by atoms with Crippen LogP contribution in [0.15, 0.2) is 28.9 Å². The van der Waals surface area contributed by atoms with Crippen molar-refractivity contribution >= 4 is 26.8 Å². The molecule has 0 amide bonds.